The highest BCUT2D eigenvalue weighted by molar-refractivity contribution is 6.05. The number of amides is 2. The summed E-state index contributed by atoms with van der Waals surface area (Å²) >= 11 is 0. The van der Waals surface area contributed by atoms with Crippen LogP contribution in [0.25, 0.3) is 0 Å². The topological polar surface area (TPSA) is 58.6 Å². The van der Waals surface area contributed by atoms with Gasteiger partial charge in [0.15, 0.2) is 0 Å². The quantitative estimate of drug-likeness (QED) is 0.921. The number of nitrogens with zero attached hydrogens (tertiary/aromatic N) is 1. The molecule has 5 nitrogen and oxygen atoms in total. The minimum absolute atomic E-state index is 0.0714. The largest absolute Gasteiger partial charge is 0.494 e. The van der Waals surface area contributed by atoms with Crippen LogP contribution >= 0.6 is 0 Å². The van der Waals surface area contributed by atoms with Gasteiger partial charge in [0.1, 0.15) is 5.75 Å². The summed E-state index contributed by atoms with van der Waals surface area (Å²) in [5.41, 5.74) is 1.86. The molecule has 0 bridgehead atoms. The summed E-state index contributed by atoms with van der Waals surface area (Å²) in [5, 5.41) is 2.83. The average Bonchev–Trinajstić information content (AvgIpc) is 2.55. The number of carbonyl (C=O) groups excluding carboxylic acids is 2. The lowest BCUT2D eigenvalue weighted by atomic mass is 10.2. The Bertz CT molecular complexity index is 713. The Balaban J connectivity index is 2.15. The summed E-state index contributed by atoms with van der Waals surface area (Å²) in [6, 6.07) is 14.2. The second kappa shape index (κ2) is 7.45. The molecule has 0 aromatic heterocycles. The Morgan fingerprint density at radius 1 is 1.13 bits per heavy atom. The highest BCUT2D eigenvalue weighted by Gasteiger charge is 2.10. The monoisotopic (exact) mass is 312 g/mol. The molecule has 2 aromatic carbocycles. The van der Waals surface area contributed by atoms with Crippen LogP contribution in [0.2, 0.25) is 0 Å². The van der Waals surface area contributed by atoms with Crippen LogP contribution in [0.3, 0.4) is 0 Å². The lowest BCUT2D eigenvalue weighted by molar-refractivity contribution is -0.116. The van der Waals surface area contributed by atoms with E-state index in [0.717, 1.165) is 5.69 Å². The first kappa shape index (κ1) is 16.5. The molecule has 0 heterocycles. The molecule has 23 heavy (non-hydrogen) atoms. The van der Waals surface area contributed by atoms with Gasteiger partial charge in [-0.3, -0.25) is 9.59 Å². The Morgan fingerprint density at radius 2 is 1.87 bits per heavy atom. The van der Waals surface area contributed by atoms with Crippen molar-refractivity contribution in [3.8, 4) is 5.75 Å². The van der Waals surface area contributed by atoms with E-state index < -0.39 is 0 Å². The molecule has 0 spiro atoms. The Hall–Kier alpha value is -2.82. The molecule has 1 N–H and O–H groups in total. The van der Waals surface area contributed by atoms with E-state index in [2.05, 4.69) is 5.32 Å². The number of hydrogen-bond donors (Lipinski definition) is 1. The molecule has 0 saturated carbocycles. The molecule has 0 radical (unpaired) electrons. The van der Waals surface area contributed by atoms with Gasteiger partial charge in [0, 0.05) is 30.9 Å². The summed E-state index contributed by atoms with van der Waals surface area (Å²) in [6.45, 7) is 3.93. The van der Waals surface area contributed by atoms with Crippen molar-refractivity contribution < 1.29 is 14.3 Å². The lowest BCUT2D eigenvalue weighted by Crippen LogP contribution is -2.23. The van der Waals surface area contributed by atoms with Gasteiger partial charge in [-0.15, -0.1) is 0 Å². The minimum atomic E-state index is -0.228. The van der Waals surface area contributed by atoms with Crippen molar-refractivity contribution in [3.63, 3.8) is 0 Å². The van der Waals surface area contributed by atoms with Gasteiger partial charge in [0.2, 0.25) is 5.91 Å². The second-order valence-corrected chi connectivity index (χ2v) is 5.04. The van der Waals surface area contributed by atoms with Gasteiger partial charge < -0.3 is 15.0 Å². The molecule has 0 saturated heterocycles. The second-order valence-electron chi connectivity index (χ2n) is 5.04. The molecule has 2 rings (SSSR count). The summed E-state index contributed by atoms with van der Waals surface area (Å²) in [5.74, 6) is 0.359. The first-order valence-corrected chi connectivity index (χ1v) is 7.40. The van der Waals surface area contributed by atoms with Crippen molar-refractivity contribution in [3.05, 3.63) is 54.1 Å². The number of nitrogens with one attached hydrogen (secondary N) is 1. The Morgan fingerprint density at radius 3 is 2.57 bits per heavy atom. The summed E-state index contributed by atoms with van der Waals surface area (Å²) < 4.78 is 5.40. The van der Waals surface area contributed by atoms with E-state index in [1.54, 1.807) is 43.4 Å². The van der Waals surface area contributed by atoms with Gasteiger partial charge in [-0.05, 0) is 43.3 Å². The van der Waals surface area contributed by atoms with Gasteiger partial charge in [0.25, 0.3) is 5.91 Å². The Labute approximate surface area is 135 Å². The van der Waals surface area contributed by atoms with Crippen molar-refractivity contribution in [1.82, 2.24) is 0 Å². The van der Waals surface area contributed by atoms with Gasteiger partial charge in [0.05, 0.1) is 6.61 Å². The summed E-state index contributed by atoms with van der Waals surface area (Å²) in [4.78, 5) is 25.3. The van der Waals surface area contributed by atoms with Crippen molar-refractivity contribution >= 4 is 23.2 Å². The molecule has 5 heteroatoms. The molecule has 0 fully saturated rings. The fourth-order valence-electron chi connectivity index (χ4n) is 2.07. The fourth-order valence-corrected chi connectivity index (χ4v) is 2.07. The van der Waals surface area contributed by atoms with E-state index in [-0.39, 0.29) is 11.8 Å². The van der Waals surface area contributed by atoms with Crippen LogP contribution in [0.4, 0.5) is 11.4 Å². The fraction of sp³-hybridized carbons (Fsp3) is 0.222. The molecular formula is C18H20N2O3. The first-order valence-electron chi connectivity index (χ1n) is 7.40. The Kier molecular flexibility index (Phi) is 5.36. The van der Waals surface area contributed by atoms with E-state index in [4.69, 9.17) is 4.74 Å². The molecule has 2 amide bonds. The van der Waals surface area contributed by atoms with Gasteiger partial charge in [-0.1, -0.05) is 12.1 Å². The van der Waals surface area contributed by atoms with Crippen molar-refractivity contribution in [2.24, 2.45) is 0 Å². The number of anilines is 2. The predicted octanol–water partition coefficient (Wildman–Crippen LogP) is 3.32. The van der Waals surface area contributed by atoms with Gasteiger partial charge in [-0.25, -0.2) is 0 Å². The van der Waals surface area contributed by atoms with Crippen molar-refractivity contribution in [2.75, 3.05) is 23.9 Å². The summed E-state index contributed by atoms with van der Waals surface area (Å²) in [6.07, 6.45) is 0. The van der Waals surface area contributed by atoms with Crippen molar-refractivity contribution in [1.29, 1.82) is 0 Å². The molecule has 0 unspecified atom stereocenters. The van der Waals surface area contributed by atoms with Crippen LogP contribution in [-0.4, -0.2) is 25.5 Å². The maximum Gasteiger partial charge on any atom is 0.255 e. The molecule has 0 aliphatic heterocycles. The van der Waals surface area contributed by atoms with Crippen LogP contribution in [0, 0.1) is 0 Å². The van der Waals surface area contributed by atoms with E-state index in [1.165, 1.54) is 11.8 Å². The number of carbonyl (C=O) groups is 2. The highest BCUT2D eigenvalue weighted by atomic mass is 16.5. The number of rotatable bonds is 5. The standard InChI is InChI=1S/C18H20N2O3/c1-4-23-17-10-5-7-14(11-17)18(22)19-15-8-6-9-16(12-15)20(3)13(2)21/h5-12H,4H2,1-3H3,(H,19,22). The van der Waals surface area contributed by atoms with Gasteiger partial charge in [-0.2, -0.15) is 0 Å². The first-order chi connectivity index (χ1) is 11.0. The minimum Gasteiger partial charge on any atom is -0.494 e. The van der Waals surface area contributed by atoms with E-state index in [0.29, 0.717) is 23.6 Å². The van der Waals surface area contributed by atoms with Crippen LogP contribution in [0.5, 0.6) is 5.75 Å². The van der Waals surface area contributed by atoms with E-state index in [1.807, 2.05) is 19.1 Å². The smallest absolute Gasteiger partial charge is 0.255 e. The van der Waals surface area contributed by atoms with Crippen LogP contribution in [0.15, 0.2) is 48.5 Å². The lowest BCUT2D eigenvalue weighted by Gasteiger charge is -2.16. The summed E-state index contributed by atoms with van der Waals surface area (Å²) in [7, 11) is 1.69. The molecule has 120 valence electrons. The predicted molar refractivity (Wildman–Crippen MR) is 91.1 cm³/mol. The van der Waals surface area contributed by atoms with Crippen LogP contribution in [0.1, 0.15) is 24.2 Å². The zero-order valence-electron chi connectivity index (χ0n) is 13.5. The van der Waals surface area contributed by atoms with Crippen molar-refractivity contribution in [2.45, 2.75) is 13.8 Å². The van der Waals surface area contributed by atoms with Gasteiger partial charge >= 0.3 is 0 Å². The normalized spacial score (nSPS) is 10.0. The van der Waals surface area contributed by atoms with Crippen LogP contribution in [-0.2, 0) is 4.79 Å². The number of benzene rings is 2. The molecule has 0 aliphatic carbocycles. The van der Waals surface area contributed by atoms with E-state index >= 15 is 0 Å². The molecule has 0 aliphatic rings. The third kappa shape index (κ3) is 4.32. The SMILES string of the molecule is CCOc1cccc(C(=O)Nc2cccc(N(C)C(C)=O)c2)c1. The van der Waals surface area contributed by atoms with Crippen LogP contribution < -0.4 is 15.0 Å². The molecule has 2 aromatic rings. The number of hydrogen-bond acceptors (Lipinski definition) is 3. The zero-order chi connectivity index (χ0) is 16.8. The molecule has 0 atom stereocenters. The maximum absolute atomic E-state index is 12.3. The maximum atomic E-state index is 12.3. The highest BCUT2D eigenvalue weighted by Crippen LogP contribution is 2.20. The third-order valence-corrected chi connectivity index (χ3v) is 3.37. The van der Waals surface area contributed by atoms with E-state index in [9.17, 15) is 9.59 Å². The third-order valence-electron chi connectivity index (χ3n) is 3.37. The molecular weight excluding hydrogens is 292 g/mol. The average molecular weight is 312 g/mol. The number of ether oxygens (including phenoxy) is 1. The zero-order valence-corrected chi connectivity index (χ0v) is 13.5.